The second-order valence-electron chi connectivity index (χ2n) is 7.97. The van der Waals surface area contributed by atoms with Gasteiger partial charge in [-0.25, -0.2) is 8.78 Å². The van der Waals surface area contributed by atoms with E-state index in [1.807, 2.05) is 4.90 Å². The van der Waals surface area contributed by atoms with Gasteiger partial charge in [-0.2, -0.15) is 0 Å². The predicted molar refractivity (Wildman–Crippen MR) is 108 cm³/mol. The molecule has 2 heterocycles. The maximum Gasteiger partial charge on any atom is 0.253 e. The molecule has 2 amide bonds. The molecule has 0 unspecified atom stereocenters. The number of anilines is 1. The standard InChI is InChI=1S/C23H24F2N2O3/c24-18-4-2-17(3-5-18)14-21(28)26-12-1-10-23(11-13-26)16-27(22(29)15-30-23)20-8-6-19(25)7-9-20/h2-9H,1,10-16H2/t23-/m1/s1. The minimum Gasteiger partial charge on any atom is -0.363 e. The van der Waals surface area contributed by atoms with Crippen molar-refractivity contribution in [2.45, 2.75) is 31.3 Å². The zero-order valence-electron chi connectivity index (χ0n) is 16.7. The van der Waals surface area contributed by atoms with Gasteiger partial charge in [0.25, 0.3) is 5.91 Å². The van der Waals surface area contributed by atoms with E-state index in [-0.39, 0.29) is 36.5 Å². The van der Waals surface area contributed by atoms with E-state index in [1.54, 1.807) is 29.2 Å². The Balaban J connectivity index is 1.42. The first-order chi connectivity index (χ1) is 14.4. The molecule has 2 aliphatic rings. The van der Waals surface area contributed by atoms with E-state index in [0.717, 1.165) is 18.4 Å². The highest BCUT2D eigenvalue weighted by atomic mass is 19.1. The van der Waals surface area contributed by atoms with Crippen molar-refractivity contribution in [3.05, 3.63) is 65.7 Å². The van der Waals surface area contributed by atoms with Gasteiger partial charge in [-0.15, -0.1) is 0 Å². The molecule has 0 bridgehead atoms. The quantitative estimate of drug-likeness (QED) is 0.774. The van der Waals surface area contributed by atoms with Crippen molar-refractivity contribution < 1.29 is 23.1 Å². The Morgan fingerprint density at radius 1 is 0.967 bits per heavy atom. The Hall–Kier alpha value is -2.80. The van der Waals surface area contributed by atoms with Crippen LogP contribution in [0.2, 0.25) is 0 Å². The summed E-state index contributed by atoms with van der Waals surface area (Å²) in [5.74, 6) is -0.821. The number of ether oxygens (including phenoxy) is 1. The molecule has 7 heteroatoms. The van der Waals surface area contributed by atoms with Crippen LogP contribution in [0, 0.1) is 11.6 Å². The van der Waals surface area contributed by atoms with Gasteiger partial charge in [-0.3, -0.25) is 9.59 Å². The van der Waals surface area contributed by atoms with Gasteiger partial charge in [0.05, 0.1) is 18.6 Å². The molecular weight excluding hydrogens is 390 g/mol. The lowest BCUT2D eigenvalue weighted by atomic mass is 9.92. The summed E-state index contributed by atoms with van der Waals surface area (Å²) in [7, 11) is 0. The summed E-state index contributed by atoms with van der Waals surface area (Å²) in [6.45, 7) is 1.51. The number of carbonyl (C=O) groups excluding carboxylic acids is 2. The number of benzene rings is 2. The highest BCUT2D eigenvalue weighted by Gasteiger charge is 2.41. The number of amides is 2. The number of likely N-dealkylation sites (tertiary alicyclic amines) is 1. The topological polar surface area (TPSA) is 49.9 Å². The molecule has 5 nitrogen and oxygen atoms in total. The number of nitrogens with zero attached hydrogens (tertiary/aromatic N) is 2. The molecule has 2 aromatic carbocycles. The summed E-state index contributed by atoms with van der Waals surface area (Å²) >= 11 is 0. The minimum absolute atomic E-state index is 0.000865. The molecule has 2 aromatic rings. The van der Waals surface area contributed by atoms with Gasteiger partial charge < -0.3 is 14.5 Å². The Labute approximate surface area is 174 Å². The molecule has 2 aliphatic heterocycles. The number of carbonyl (C=O) groups is 2. The van der Waals surface area contributed by atoms with Gasteiger partial charge in [0.1, 0.15) is 18.2 Å². The smallest absolute Gasteiger partial charge is 0.253 e. The van der Waals surface area contributed by atoms with Gasteiger partial charge in [0.15, 0.2) is 0 Å². The van der Waals surface area contributed by atoms with Crippen molar-refractivity contribution in [1.29, 1.82) is 0 Å². The highest BCUT2D eigenvalue weighted by Crippen LogP contribution is 2.33. The third-order valence-corrected chi connectivity index (χ3v) is 5.91. The van der Waals surface area contributed by atoms with E-state index < -0.39 is 5.60 Å². The van der Waals surface area contributed by atoms with Crippen molar-refractivity contribution in [3.8, 4) is 0 Å². The van der Waals surface area contributed by atoms with Crippen LogP contribution in [-0.4, -0.2) is 48.6 Å². The molecule has 0 saturated carbocycles. The Kier molecular flexibility index (Phi) is 5.81. The van der Waals surface area contributed by atoms with Crippen LogP contribution in [0.25, 0.3) is 0 Å². The molecule has 158 valence electrons. The van der Waals surface area contributed by atoms with Crippen LogP contribution in [0.3, 0.4) is 0 Å². The van der Waals surface area contributed by atoms with Gasteiger partial charge >= 0.3 is 0 Å². The SMILES string of the molecule is O=C(Cc1ccc(F)cc1)N1CCC[C@@]2(CC1)CN(c1ccc(F)cc1)C(=O)CO2. The van der Waals surface area contributed by atoms with Crippen LogP contribution in [-0.2, 0) is 20.7 Å². The predicted octanol–water partition coefficient (Wildman–Crippen LogP) is 3.32. The van der Waals surface area contributed by atoms with Crippen LogP contribution in [0.4, 0.5) is 14.5 Å². The summed E-state index contributed by atoms with van der Waals surface area (Å²) in [5, 5.41) is 0. The van der Waals surface area contributed by atoms with Crippen LogP contribution in [0.1, 0.15) is 24.8 Å². The van der Waals surface area contributed by atoms with E-state index in [2.05, 4.69) is 0 Å². The number of rotatable bonds is 3. The third-order valence-electron chi connectivity index (χ3n) is 5.91. The summed E-state index contributed by atoms with van der Waals surface area (Å²) in [5.41, 5.74) is 0.910. The normalized spacial score (nSPS) is 22.3. The maximum absolute atomic E-state index is 13.3. The van der Waals surface area contributed by atoms with Gasteiger partial charge in [-0.1, -0.05) is 12.1 Å². The summed E-state index contributed by atoms with van der Waals surface area (Å²) in [6, 6.07) is 11.9. The van der Waals surface area contributed by atoms with E-state index in [9.17, 15) is 18.4 Å². The van der Waals surface area contributed by atoms with Gasteiger partial charge in [0.2, 0.25) is 5.91 Å². The molecule has 2 saturated heterocycles. The third kappa shape index (κ3) is 4.51. The Morgan fingerprint density at radius 3 is 2.33 bits per heavy atom. The lowest BCUT2D eigenvalue weighted by Gasteiger charge is -2.42. The van der Waals surface area contributed by atoms with Gasteiger partial charge in [-0.05, 0) is 61.2 Å². The highest BCUT2D eigenvalue weighted by molar-refractivity contribution is 5.95. The molecular formula is C23H24F2N2O3. The zero-order chi connectivity index (χ0) is 21.1. The van der Waals surface area contributed by atoms with Crippen molar-refractivity contribution in [1.82, 2.24) is 4.90 Å². The average molecular weight is 414 g/mol. The number of halogens is 2. The van der Waals surface area contributed by atoms with E-state index >= 15 is 0 Å². The van der Waals surface area contributed by atoms with E-state index in [4.69, 9.17) is 4.74 Å². The molecule has 30 heavy (non-hydrogen) atoms. The van der Waals surface area contributed by atoms with Crippen LogP contribution in [0.5, 0.6) is 0 Å². The molecule has 1 spiro atoms. The Morgan fingerprint density at radius 2 is 1.63 bits per heavy atom. The molecule has 4 rings (SSSR count). The van der Waals surface area contributed by atoms with Crippen molar-refractivity contribution >= 4 is 17.5 Å². The van der Waals surface area contributed by atoms with Crippen molar-refractivity contribution in [2.75, 3.05) is 31.1 Å². The number of morpholine rings is 1. The fourth-order valence-electron chi connectivity index (χ4n) is 4.18. The second kappa shape index (κ2) is 8.52. The largest absolute Gasteiger partial charge is 0.363 e. The molecule has 0 aromatic heterocycles. The molecule has 0 N–H and O–H groups in total. The lowest BCUT2D eigenvalue weighted by Crippen LogP contribution is -2.55. The monoisotopic (exact) mass is 414 g/mol. The summed E-state index contributed by atoms with van der Waals surface area (Å²) in [6.07, 6.45) is 2.35. The lowest BCUT2D eigenvalue weighted by molar-refractivity contribution is -0.141. The van der Waals surface area contributed by atoms with E-state index in [1.165, 1.54) is 24.3 Å². The Bertz CT molecular complexity index is 917. The summed E-state index contributed by atoms with van der Waals surface area (Å²) < 4.78 is 32.3. The zero-order valence-corrected chi connectivity index (χ0v) is 16.7. The van der Waals surface area contributed by atoms with Gasteiger partial charge in [0, 0.05) is 18.8 Å². The van der Waals surface area contributed by atoms with Crippen LogP contribution < -0.4 is 4.90 Å². The minimum atomic E-state index is -0.521. The second-order valence-corrected chi connectivity index (χ2v) is 7.97. The fourth-order valence-corrected chi connectivity index (χ4v) is 4.18. The van der Waals surface area contributed by atoms with Crippen molar-refractivity contribution in [2.24, 2.45) is 0 Å². The first kappa shape index (κ1) is 20.5. The fraction of sp³-hybridized carbons (Fsp3) is 0.391. The molecule has 0 radical (unpaired) electrons. The van der Waals surface area contributed by atoms with E-state index in [0.29, 0.717) is 31.7 Å². The first-order valence-corrected chi connectivity index (χ1v) is 10.2. The van der Waals surface area contributed by atoms with Crippen LogP contribution in [0.15, 0.2) is 48.5 Å². The number of hydrogen-bond donors (Lipinski definition) is 0. The maximum atomic E-state index is 13.3. The number of hydrogen-bond acceptors (Lipinski definition) is 3. The van der Waals surface area contributed by atoms with Crippen LogP contribution >= 0.6 is 0 Å². The first-order valence-electron chi connectivity index (χ1n) is 10.2. The molecule has 2 fully saturated rings. The molecule has 0 aliphatic carbocycles. The molecule has 1 atom stereocenters. The average Bonchev–Trinajstić information content (AvgIpc) is 2.95. The van der Waals surface area contributed by atoms with Crippen molar-refractivity contribution in [3.63, 3.8) is 0 Å². The summed E-state index contributed by atoms with van der Waals surface area (Å²) in [4.78, 5) is 28.6.